The van der Waals surface area contributed by atoms with Crippen LogP contribution in [-0.2, 0) is 11.2 Å². The van der Waals surface area contributed by atoms with Gasteiger partial charge in [-0.05, 0) is 56.4 Å². The lowest BCUT2D eigenvalue weighted by molar-refractivity contribution is -0.132. The molecule has 2 aromatic carbocycles. The minimum Gasteiger partial charge on any atom is -0.342 e. The first-order valence-electron chi connectivity index (χ1n) is 11.4. The molecule has 0 bridgehead atoms. The highest BCUT2D eigenvalue weighted by Gasteiger charge is 2.28. The van der Waals surface area contributed by atoms with Gasteiger partial charge in [-0.2, -0.15) is 4.98 Å². The summed E-state index contributed by atoms with van der Waals surface area (Å²) in [6.45, 7) is 1.35. The minimum atomic E-state index is -0.337. The normalized spacial score (nSPS) is 16.4. The largest absolute Gasteiger partial charge is 0.342 e. The predicted octanol–water partition coefficient (Wildman–Crippen LogP) is 5.60. The van der Waals surface area contributed by atoms with E-state index < -0.39 is 0 Å². The van der Waals surface area contributed by atoms with E-state index in [0.29, 0.717) is 30.2 Å². The van der Waals surface area contributed by atoms with Gasteiger partial charge in [0, 0.05) is 25.1 Å². The summed E-state index contributed by atoms with van der Waals surface area (Å²) in [4.78, 5) is 23.9. The second-order valence-corrected chi connectivity index (χ2v) is 9.54. The van der Waals surface area contributed by atoms with Crippen LogP contribution in [0.4, 0.5) is 4.39 Å². The summed E-state index contributed by atoms with van der Waals surface area (Å²) in [5, 5.41) is 5.15. The third-order valence-electron chi connectivity index (χ3n) is 6.02. The van der Waals surface area contributed by atoms with Crippen molar-refractivity contribution in [2.24, 2.45) is 0 Å². The average molecular weight is 465 g/mol. The highest BCUT2D eigenvalue weighted by Crippen LogP contribution is 2.28. The second kappa shape index (κ2) is 9.79. The predicted molar refractivity (Wildman–Crippen MR) is 125 cm³/mol. The number of carbonyl (C=O) groups is 1. The van der Waals surface area contributed by atoms with Gasteiger partial charge in [0.05, 0.1) is 21.1 Å². The molecule has 1 atom stereocenters. The van der Waals surface area contributed by atoms with Crippen molar-refractivity contribution in [3.63, 3.8) is 0 Å². The van der Waals surface area contributed by atoms with Crippen LogP contribution >= 0.6 is 11.3 Å². The lowest BCUT2D eigenvalue weighted by Gasteiger charge is -2.31. The Morgan fingerprint density at radius 3 is 2.94 bits per heavy atom. The number of carbonyl (C=O) groups excluding carboxylic acids is 1. The van der Waals surface area contributed by atoms with Gasteiger partial charge in [0.1, 0.15) is 5.82 Å². The zero-order valence-corrected chi connectivity index (χ0v) is 19.1. The molecular weight excluding hydrogens is 439 g/mol. The topological polar surface area (TPSA) is 72.1 Å². The number of hydrogen-bond donors (Lipinski definition) is 0. The first-order chi connectivity index (χ1) is 16.2. The Hall–Kier alpha value is -3.13. The van der Waals surface area contributed by atoms with Gasteiger partial charge >= 0.3 is 0 Å². The van der Waals surface area contributed by atoms with Crippen molar-refractivity contribution in [1.82, 2.24) is 20.0 Å². The maximum atomic E-state index is 13.5. The van der Waals surface area contributed by atoms with E-state index >= 15 is 0 Å². The molecule has 3 heterocycles. The zero-order chi connectivity index (χ0) is 22.6. The van der Waals surface area contributed by atoms with Crippen LogP contribution in [0.5, 0.6) is 0 Å². The van der Waals surface area contributed by atoms with Crippen molar-refractivity contribution in [2.75, 3.05) is 13.1 Å². The van der Waals surface area contributed by atoms with E-state index in [1.54, 1.807) is 23.5 Å². The van der Waals surface area contributed by atoms with Gasteiger partial charge < -0.3 is 9.42 Å². The molecule has 1 saturated heterocycles. The van der Waals surface area contributed by atoms with E-state index in [1.165, 1.54) is 16.8 Å². The molecule has 170 valence electrons. The molecule has 6 nitrogen and oxygen atoms in total. The Morgan fingerprint density at radius 1 is 1.15 bits per heavy atom. The molecule has 1 aliphatic heterocycles. The Morgan fingerprint density at radius 2 is 2.06 bits per heavy atom. The van der Waals surface area contributed by atoms with Crippen molar-refractivity contribution >= 4 is 27.5 Å². The summed E-state index contributed by atoms with van der Waals surface area (Å²) in [5.74, 6) is 0.746. The van der Waals surface area contributed by atoms with Crippen molar-refractivity contribution in [3.8, 4) is 11.4 Å². The lowest BCUT2D eigenvalue weighted by Crippen LogP contribution is -2.39. The molecule has 0 saturated carbocycles. The number of aromatic nitrogens is 3. The smallest absolute Gasteiger partial charge is 0.231 e. The second-order valence-electron chi connectivity index (χ2n) is 8.43. The Labute approximate surface area is 195 Å². The molecule has 0 spiro atoms. The molecule has 5 rings (SSSR count). The number of para-hydroxylation sites is 1. The first kappa shape index (κ1) is 21.7. The molecular formula is C25H25FN4O2S. The van der Waals surface area contributed by atoms with Crippen LogP contribution in [0.2, 0.25) is 0 Å². The number of nitrogens with zero attached hydrogens (tertiary/aromatic N) is 4. The fourth-order valence-electron chi connectivity index (χ4n) is 4.29. The number of benzene rings is 2. The molecule has 0 N–H and O–H groups in total. The van der Waals surface area contributed by atoms with Gasteiger partial charge in [-0.3, -0.25) is 4.79 Å². The van der Waals surface area contributed by atoms with Gasteiger partial charge in [0.2, 0.25) is 17.6 Å². The van der Waals surface area contributed by atoms with E-state index in [-0.39, 0.29) is 17.6 Å². The summed E-state index contributed by atoms with van der Waals surface area (Å²) < 4.78 is 20.2. The monoisotopic (exact) mass is 464 g/mol. The SMILES string of the molecule is O=C(CCCCc1nc2ccccc2s1)N1CCCC(c2nc(-c3cccc(F)c3)no2)C1. The van der Waals surface area contributed by atoms with Crippen molar-refractivity contribution in [3.05, 3.63) is 65.2 Å². The zero-order valence-electron chi connectivity index (χ0n) is 18.2. The molecule has 1 fully saturated rings. The molecule has 1 amide bonds. The first-order valence-corrected chi connectivity index (χ1v) is 12.2. The van der Waals surface area contributed by atoms with Gasteiger partial charge in [0.25, 0.3) is 0 Å². The van der Waals surface area contributed by atoms with E-state index in [9.17, 15) is 9.18 Å². The van der Waals surface area contributed by atoms with Crippen LogP contribution in [0.25, 0.3) is 21.6 Å². The molecule has 2 aromatic heterocycles. The van der Waals surface area contributed by atoms with Crippen molar-refractivity contribution in [1.29, 1.82) is 0 Å². The quantitative estimate of drug-likeness (QED) is 0.333. The van der Waals surface area contributed by atoms with Crippen LogP contribution in [0.1, 0.15) is 48.9 Å². The molecule has 1 unspecified atom stereocenters. The molecule has 4 aromatic rings. The molecule has 1 aliphatic rings. The maximum Gasteiger partial charge on any atom is 0.231 e. The van der Waals surface area contributed by atoms with E-state index in [1.807, 2.05) is 23.1 Å². The lowest BCUT2D eigenvalue weighted by atomic mass is 9.97. The standard InChI is InChI=1S/C25H25FN4O2S/c26-19-9-5-7-17(15-19)24-28-25(32-29-24)18-8-6-14-30(16-18)23(31)13-4-3-12-22-27-20-10-1-2-11-21(20)33-22/h1-2,5,7,9-11,15,18H,3-4,6,8,12-14,16H2. The summed E-state index contributed by atoms with van der Waals surface area (Å²) in [5.41, 5.74) is 1.64. The van der Waals surface area contributed by atoms with Crippen molar-refractivity contribution < 1.29 is 13.7 Å². The summed E-state index contributed by atoms with van der Waals surface area (Å²) in [6, 6.07) is 14.3. The number of thiazole rings is 1. The van der Waals surface area contributed by atoms with Crippen LogP contribution in [0.3, 0.4) is 0 Å². The highest BCUT2D eigenvalue weighted by atomic mass is 32.1. The van der Waals surface area contributed by atoms with Crippen LogP contribution in [0, 0.1) is 5.82 Å². The van der Waals surface area contributed by atoms with Gasteiger partial charge in [0.15, 0.2) is 0 Å². The number of halogens is 1. The summed E-state index contributed by atoms with van der Waals surface area (Å²) in [6.07, 6.45) is 5.03. The molecule has 33 heavy (non-hydrogen) atoms. The number of likely N-dealkylation sites (tertiary alicyclic amines) is 1. The van der Waals surface area contributed by atoms with E-state index in [0.717, 1.165) is 49.2 Å². The van der Waals surface area contributed by atoms with Gasteiger partial charge in [-0.1, -0.05) is 29.4 Å². The Kier molecular flexibility index (Phi) is 6.44. The number of piperidine rings is 1. The van der Waals surface area contributed by atoms with Crippen LogP contribution < -0.4 is 0 Å². The number of fused-ring (bicyclic) bond motifs is 1. The highest BCUT2D eigenvalue weighted by molar-refractivity contribution is 7.18. The molecule has 0 radical (unpaired) electrons. The number of unbranched alkanes of at least 4 members (excludes halogenated alkanes) is 1. The fourth-order valence-corrected chi connectivity index (χ4v) is 5.30. The number of rotatable bonds is 7. The minimum absolute atomic E-state index is 0.0141. The molecule has 8 heteroatoms. The van der Waals surface area contributed by atoms with Crippen LogP contribution in [-0.4, -0.2) is 39.0 Å². The van der Waals surface area contributed by atoms with Crippen molar-refractivity contribution in [2.45, 2.75) is 44.4 Å². The third-order valence-corrected chi connectivity index (χ3v) is 7.11. The summed E-state index contributed by atoms with van der Waals surface area (Å²) in [7, 11) is 0. The average Bonchev–Trinajstić information content (AvgIpc) is 3.49. The maximum absolute atomic E-state index is 13.5. The fraction of sp³-hybridized carbons (Fsp3) is 0.360. The number of amides is 1. The van der Waals surface area contributed by atoms with Gasteiger partial charge in [-0.25, -0.2) is 9.37 Å². The third kappa shape index (κ3) is 5.11. The van der Waals surface area contributed by atoms with E-state index in [4.69, 9.17) is 4.52 Å². The van der Waals surface area contributed by atoms with E-state index in [2.05, 4.69) is 21.2 Å². The number of aryl methyl sites for hydroxylation is 1. The number of hydrogen-bond acceptors (Lipinski definition) is 6. The molecule has 0 aliphatic carbocycles. The van der Waals surface area contributed by atoms with Gasteiger partial charge in [-0.15, -0.1) is 11.3 Å². The summed E-state index contributed by atoms with van der Waals surface area (Å²) >= 11 is 1.73. The Bertz CT molecular complexity index is 1220. The Balaban J connectivity index is 1.12. The van der Waals surface area contributed by atoms with Crippen LogP contribution in [0.15, 0.2) is 53.1 Å².